The molecule has 1 amide bonds. The van der Waals surface area contributed by atoms with Crippen molar-refractivity contribution in [3.05, 3.63) is 71.9 Å². The van der Waals surface area contributed by atoms with Gasteiger partial charge in [0.15, 0.2) is 6.10 Å². The first-order valence-corrected chi connectivity index (χ1v) is 9.50. The summed E-state index contributed by atoms with van der Waals surface area (Å²) in [5, 5.41) is 7.82. The Bertz CT molecular complexity index is 916. The molecule has 0 aliphatic carbocycles. The number of likely N-dealkylation sites (N-methyl/N-ethyl adjacent to an activating group) is 1. The highest BCUT2D eigenvalue weighted by molar-refractivity contribution is 8.00. The van der Waals surface area contributed by atoms with Gasteiger partial charge < -0.3 is 14.1 Å². The number of carbonyl (C=O) groups is 1. The van der Waals surface area contributed by atoms with Crippen molar-refractivity contribution >= 4 is 17.7 Å². The maximum absolute atomic E-state index is 13.0. The number of ether oxygens (including phenoxy) is 1. The van der Waals surface area contributed by atoms with Crippen LogP contribution in [0.5, 0.6) is 5.75 Å². The molecule has 0 spiro atoms. The fourth-order valence-electron chi connectivity index (χ4n) is 2.42. The van der Waals surface area contributed by atoms with Crippen LogP contribution in [0.3, 0.4) is 0 Å². The summed E-state index contributed by atoms with van der Waals surface area (Å²) < 4.78 is 24.4. The van der Waals surface area contributed by atoms with Crippen LogP contribution < -0.4 is 4.74 Å². The molecule has 6 nitrogen and oxygen atoms in total. The van der Waals surface area contributed by atoms with Crippen molar-refractivity contribution in [2.45, 2.75) is 23.5 Å². The van der Waals surface area contributed by atoms with Gasteiger partial charge in [-0.05, 0) is 48.5 Å². The van der Waals surface area contributed by atoms with Crippen LogP contribution in [0.15, 0.2) is 64.2 Å². The van der Waals surface area contributed by atoms with Gasteiger partial charge >= 0.3 is 0 Å². The molecular formula is C20H20FN3O3S. The standard InChI is InChI=1S/C20H20FN3O3S/c1-13(26-16-11-9-15(21)10-12-16)18-22-23-20(27-18)28-17(19(25)24(2)3)14-7-5-4-6-8-14/h4-13,17H,1-3H3. The van der Waals surface area contributed by atoms with E-state index in [-0.39, 0.29) is 22.8 Å². The minimum Gasteiger partial charge on any atom is -0.481 e. The molecule has 1 heterocycles. The summed E-state index contributed by atoms with van der Waals surface area (Å²) >= 11 is 1.19. The Morgan fingerprint density at radius 3 is 2.43 bits per heavy atom. The van der Waals surface area contributed by atoms with Gasteiger partial charge in [-0.2, -0.15) is 0 Å². The molecule has 0 aliphatic heterocycles. The SMILES string of the molecule is CC(Oc1ccc(F)cc1)c1nnc(SC(C(=O)N(C)C)c2ccccc2)o1. The van der Waals surface area contributed by atoms with Crippen LogP contribution in [0.1, 0.15) is 29.7 Å². The number of thioether (sulfide) groups is 1. The maximum Gasteiger partial charge on any atom is 0.277 e. The number of hydrogen-bond acceptors (Lipinski definition) is 6. The van der Waals surface area contributed by atoms with Crippen LogP contribution in [-0.2, 0) is 4.79 Å². The normalized spacial score (nSPS) is 13.0. The van der Waals surface area contributed by atoms with E-state index in [0.717, 1.165) is 5.56 Å². The van der Waals surface area contributed by atoms with E-state index in [1.807, 2.05) is 30.3 Å². The Balaban J connectivity index is 1.74. The van der Waals surface area contributed by atoms with Crippen LogP contribution in [-0.4, -0.2) is 35.1 Å². The number of halogens is 1. The molecule has 0 radical (unpaired) electrons. The number of carbonyl (C=O) groups excluding carboxylic acids is 1. The van der Waals surface area contributed by atoms with Gasteiger partial charge in [-0.25, -0.2) is 4.39 Å². The summed E-state index contributed by atoms with van der Waals surface area (Å²) in [6, 6.07) is 15.1. The quantitative estimate of drug-likeness (QED) is 0.551. The van der Waals surface area contributed by atoms with Gasteiger partial charge in [0.2, 0.25) is 5.91 Å². The molecule has 0 N–H and O–H groups in total. The molecule has 2 unspecified atom stereocenters. The first-order chi connectivity index (χ1) is 13.4. The molecule has 2 aromatic carbocycles. The van der Waals surface area contributed by atoms with Gasteiger partial charge in [0.25, 0.3) is 11.1 Å². The molecule has 0 fully saturated rings. The fraction of sp³-hybridized carbons (Fsp3) is 0.250. The van der Waals surface area contributed by atoms with Crippen LogP contribution in [0.25, 0.3) is 0 Å². The van der Waals surface area contributed by atoms with Crippen molar-refractivity contribution in [1.82, 2.24) is 15.1 Å². The molecule has 146 valence electrons. The number of hydrogen-bond donors (Lipinski definition) is 0. The third-order valence-electron chi connectivity index (χ3n) is 3.88. The second-order valence-electron chi connectivity index (χ2n) is 6.26. The first-order valence-electron chi connectivity index (χ1n) is 8.62. The zero-order valence-corrected chi connectivity index (χ0v) is 16.5. The summed E-state index contributed by atoms with van der Waals surface area (Å²) in [6.45, 7) is 1.75. The monoisotopic (exact) mass is 401 g/mol. The Kier molecular flexibility index (Phi) is 6.30. The molecule has 3 rings (SSSR count). The predicted molar refractivity (Wildman–Crippen MR) is 103 cm³/mol. The largest absolute Gasteiger partial charge is 0.481 e. The van der Waals surface area contributed by atoms with Crippen molar-refractivity contribution in [3.63, 3.8) is 0 Å². The molecule has 28 heavy (non-hydrogen) atoms. The fourth-order valence-corrected chi connectivity index (χ4v) is 3.45. The Hall–Kier alpha value is -2.87. The maximum atomic E-state index is 13.0. The average molecular weight is 401 g/mol. The molecule has 0 bridgehead atoms. The third kappa shape index (κ3) is 4.89. The number of rotatable bonds is 7. The molecule has 0 aliphatic rings. The van der Waals surface area contributed by atoms with Crippen molar-refractivity contribution < 1.29 is 18.3 Å². The van der Waals surface area contributed by atoms with E-state index >= 15 is 0 Å². The van der Waals surface area contributed by atoms with E-state index in [0.29, 0.717) is 5.75 Å². The highest BCUT2D eigenvalue weighted by Gasteiger charge is 2.27. The van der Waals surface area contributed by atoms with E-state index in [1.165, 1.54) is 40.9 Å². The zero-order chi connectivity index (χ0) is 20.1. The molecule has 0 saturated carbocycles. The van der Waals surface area contributed by atoms with Gasteiger partial charge in [-0.3, -0.25) is 4.79 Å². The van der Waals surface area contributed by atoms with E-state index in [9.17, 15) is 9.18 Å². The van der Waals surface area contributed by atoms with Crippen molar-refractivity contribution in [3.8, 4) is 5.75 Å². The van der Waals surface area contributed by atoms with Gasteiger partial charge in [0, 0.05) is 14.1 Å². The van der Waals surface area contributed by atoms with E-state index in [4.69, 9.17) is 9.15 Å². The molecule has 2 atom stereocenters. The topological polar surface area (TPSA) is 68.5 Å². The second kappa shape index (κ2) is 8.88. The summed E-state index contributed by atoms with van der Waals surface area (Å²) in [7, 11) is 3.41. The zero-order valence-electron chi connectivity index (χ0n) is 15.7. The van der Waals surface area contributed by atoms with Crippen LogP contribution in [0.2, 0.25) is 0 Å². The van der Waals surface area contributed by atoms with Gasteiger partial charge in [0.1, 0.15) is 16.8 Å². The second-order valence-corrected chi connectivity index (χ2v) is 7.32. The van der Waals surface area contributed by atoms with Crippen LogP contribution in [0, 0.1) is 5.82 Å². The first kappa shape index (κ1) is 19.9. The van der Waals surface area contributed by atoms with Gasteiger partial charge in [-0.15, -0.1) is 10.2 Å². The lowest BCUT2D eigenvalue weighted by Gasteiger charge is -2.19. The number of benzene rings is 2. The van der Waals surface area contributed by atoms with Gasteiger partial charge in [0.05, 0.1) is 0 Å². The van der Waals surface area contributed by atoms with E-state index < -0.39 is 11.4 Å². The lowest BCUT2D eigenvalue weighted by molar-refractivity contribution is -0.128. The molecule has 3 aromatic rings. The molecule has 0 saturated heterocycles. The van der Waals surface area contributed by atoms with Crippen molar-refractivity contribution in [2.75, 3.05) is 14.1 Å². The molecule has 8 heteroatoms. The number of aromatic nitrogens is 2. The number of nitrogens with zero attached hydrogens (tertiary/aromatic N) is 3. The van der Waals surface area contributed by atoms with Crippen LogP contribution >= 0.6 is 11.8 Å². The Morgan fingerprint density at radius 2 is 1.79 bits per heavy atom. The van der Waals surface area contributed by atoms with Crippen molar-refractivity contribution in [1.29, 1.82) is 0 Å². The molecule has 1 aromatic heterocycles. The summed E-state index contributed by atoms with van der Waals surface area (Å²) in [6.07, 6.45) is -0.521. The number of amides is 1. The van der Waals surface area contributed by atoms with E-state index in [2.05, 4.69) is 10.2 Å². The minimum atomic E-state index is -0.521. The van der Waals surface area contributed by atoms with Gasteiger partial charge in [-0.1, -0.05) is 30.3 Å². The summed E-state index contributed by atoms with van der Waals surface area (Å²) in [5.74, 6) is 0.350. The lowest BCUT2D eigenvalue weighted by atomic mass is 10.1. The highest BCUT2D eigenvalue weighted by atomic mass is 32.2. The Labute approximate surface area is 166 Å². The lowest BCUT2D eigenvalue weighted by Crippen LogP contribution is -2.26. The summed E-state index contributed by atoms with van der Waals surface area (Å²) in [4.78, 5) is 14.1. The van der Waals surface area contributed by atoms with E-state index in [1.54, 1.807) is 21.0 Å². The average Bonchev–Trinajstić information content (AvgIpc) is 3.17. The molecular weight excluding hydrogens is 381 g/mol. The smallest absolute Gasteiger partial charge is 0.277 e. The highest BCUT2D eigenvalue weighted by Crippen LogP contribution is 2.36. The summed E-state index contributed by atoms with van der Waals surface area (Å²) in [5.41, 5.74) is 0.849. The minimum absolute atomic E-state index is 0.0773. The Morgan fingerprint density at radius 1 is 1.11 bits per heavy atom. The van der Waals surface area contributed by atoms with Crippen molar-refractivity contribution in [2.24, 2.45) is 0 Å². The third-order valence-corrected chi connectivity index (χ3v) is 4.96. The van der Waals surface area contributed by atoms with Crippen LogP contribution in [0.4, 0.5) is 4.39 Å². The predicted octanol–water partition coefficient (Wildman–Crippen LogP) is 4.27.